The van der Waals surface area contributed by atoms with Gasteiger partial charge in [0.15, 0.2) is 0 Å². The summed E-state index contributed by atoms with van der Waals surface area (Å²) in [5.41, 5.74) is 1.99. The molecule has 0 spiro atoms. The summed E-state index contributed by atoms with van der Waals surface area (Å²) in [6, 6.07) is 12.7. The Morgan fingerprint density at radius 3 is 2.54 bits per heavy atom. The van der Waals surface area contributed by atoms with Gasteiger partial charge in [0.05, 0.1) is 21.9 Å². The monoisotopic (exact) mass is 427 g/mol. The van der Waals surface area contributed by atoms with Crippen molar-refractivity contribution >= 4 is 37.7 Å². The topological polar surface area (TPSA) is 46.6 Å². The lowest BCUT2D eigenvalue weighted by atomic mass is 10.2. The number of ether oxygens (including phenoxy) is 1. The summed E-state index contributed by atoms with van der Waals surface area (Å²) in [7, 11) is -1.91. The van der Waals surface area contributed by atoms with Crippen LogP contribution in [-0.4, -0.2) is 32.1 Å². The zero-order valence-electron chi connectivity index (χ0n) is 13.4. The SMILES string of the molecule is COc1ccc(C2SCCN2S(=O)(=O)c2ccc(C)cc2)cc1Br. The van der Waals surface area contributed by atoms with Gasteiger partial charge in [0.2, 0.25) is 10.0 Å². The third-order valence-electron chi connectivity index (χ3n) is 3.94. The van der Waals surface area contributed by atoms with Crippen LogP contribution in [0.25, 0.3) is 0 Å². The van der Waals surface area contributed by atoms with Gasteiger partial charge in [0.25, 0.3) is 0 Å². The fourth-order valence-electron chi connectivity index (χ4n) is 2.65. The van der Waals surface area contributed by atoms with Crippen molar-refractivity contribution in [2.24, 2.45) is 0 Å². The molecule has 0 N–H and O–H groups in total. The molecule has 0 aliphatic carbocycles. The van der Waals surface area contributed by atoms with E-state index in [4.69, 9.17) is 4.74 Å². The van der Waals surface area contributed by atoms with Crippen LogP contribution >= 0.6 is 27.7 Å². The van der Waals surface area contributed by atoms with E-state index in [-0.39, 0.29) is 5.37 Å². The minimum Gasteiger partial charge on any atom is -0.496 e. The predicted molar refractivity (Wildman–Crippen MR) is 101 cm³/mol. The van der Waals surface area contributed by atoms with E-state index in [9.17, 15) is 8.42 Å². The standard InChI is InChI=1S/C17H18BrNO3S2/c1-12-3-6-14(7-4-12)24(20,21)19-9-10-23-17(19)13-5-8-16(22-2)15(18)11-13/h3-8,11,17H,9-10H2,1-2H3. The van der Waals surface area contributed by atoms with Crippen LogP contribution in [0.15, 0.2) is 51.8 Å². The second kappa shape index (κ2) is 7.07. The summed E-state index contributed by atoms with van der Waals surface area (Å²) in [6.45, 7) is 2.45. The molecule has 0 saturated carbocycles. The smallest absolute Gasteiger partial charge is 0.244 e. The van der Waals surface area contributed by atoms with Gasteiger partial charge >= 0.3 is 0 Å². The highest BCUT2D eigenvalue weighted by atomic mass is 79.9. The van der Waals surface area contributed by atoms with E-state index in [0.717, 1.165) is 27.1 Å². The van der Waals surface area contributed by atoms with Gasteiger partial charge < -0.3 is 4.74 Å². The molecule has 0 amide bonds. The van der Waals surface area contributed by atoms with Crippen molar-refractivity contribution in [2.75, 3.05) is 19.4 Å². The average molecular weight is 428 g/mol. The maximum atomic E-state index is 13.0. The fourth-order valence-corrected chi connectivity index (χ4v) is 6.43. The number of thioether (sulfide) groups is 1. The maximum Gasteiger partial charge on any atom is 0.244 e. The third kappa shape index (κ3) is 3.35. The molecule has 128 valence electrons. The van der Waals surface area contributed by atoms with E-state index < -0.39 is 10.0 Å². The van der Waals surface area contributed by atoms with E-state index in [2.05, 4.69) is 15.9 Å². The molecule has 1 unspecified atom stereocenters. The van der Waals surface area contributed by atoms with Crippen molar-refractivity contribution in [1.82, 2.24) is 4.31 Å². The largest absolute Gasteiger partial charge is 0.496 e. The Balaban J connectivity index is 1.95. The molecule has 0 radical (unpaired) electrons. The van der Waals surface area contributed by atoms with Crippen molar-refractivity contribution < 1.29 is 13.2 Å². The third-order valence-corrected chi connectivity index (χ3v) is 7.83. The van der Waals surface area contributed by atoms with Crippen LogP contribution in [-0.2, 0) is 10.0 Å². The molecule has 1 atom stereocenters. The molecule has 1 aliphatic heterocycles. The molecule has 0 aromatic heterocycles. The van der Waals surface area contributed by atoms with E-state index in [0.29, 0.717) is 11.4 Å². The summed E-state index contributed by atoms with van der Waals surface area (Å²) < 4.78 is 33.7. The van der Waals surface area contributed by atoms with Crippen LogP contribution in [0, 0.1) is 6.92 Å². The molecule has 1 heterocycles. The summed E-state index contributed by atoms with van der Waals surface area (Å²) in [5, 5.41) is -0.224. The molecule has 1 aliphatic rings. The lowest BCUT2D eigenvalue weighted by Crippen LogP contribution is -2.30. The summed E-state index contributed by atoms with van der Waals surface area (Å²) in [5.74, 6) is 1.51. The molecule has 2 aromatic carbocycles. The number of benzene rings is 2. The lowest BCUT2D eigenvalue weighted by molar-refractivity contribution is 0.410. The number of rotatable bonds is 4. The van der Waals surface area contributed by atoms with Gasteiger partial charge in [-0.05, 0) is 52.7 Å². The fraction of sp³-hybridized carbons (Fsp3) is 0.294. The zero-order valence-corrected chi connectivity index (χ0v) is 16.6. The Morgan fingerprint density at radius 1 is 1.21 bits per heavy atom. The Labute approximate surface area is 155 Å². The molecule has 2 aromatic rings. The van der Waals surface area contributed by atoms with E-state index in [1.54, 1.807) is 35.3 Å². The quantitative estimate of drug-likeness (QED) is 0.733. The Bertz CT molecular complexity index is 837. The first-order chi connectivity index (χ1) is 11.4. The number of sulfonamides is 1. The maximum absolute atomic E-state index is 13.0. The first kappa shape index (κ1) is 17.8. The molecular weight excluding hydrogens is 410 g/mol. The van der Waals surface area contributed by atoms with Crippen LogP contribution < -0.4 is 4.74 Å². The van der Waals surface area contributed by atoms with Crippen LogP contribution in [0.1, 0.15) is 16.5 Å². The first-order valence-corrected chi connectivity index (χ1v) is 10.8. The zero-order chi connectivity index (χ0) is 17.3. The first-order valence-electron chi connectivity index (χ1n) is 7.47. The second-order valence-electron chi connectivity index (χ2n) is 5.55. The average Bonchev–Trinajstić information content (AvgIpc) is 3.05. The summed E-state index contributed by atoms with van der Waals surface area (Å²) in [4.78, 5) is 0.341. The highest BCUT2D eigenvalue weighted by molar-refractivity contribution is 9.10. The highest BCUT2D eigenvalue weighted by Crippen LogP contribution is 2.43. The molecule has 7 heteroatoms. The van der Waals surface area contributed by atoms with Gasteiger partial charge in [-0.25, -0.2) is 8.42 Å². The van der Waals surface area contributed by atoms with E-state index >= 15 is 0 Å². The van der Waals surface area contributed by atoms with Crippen molar-refractivity contribution in [3.05, 3.63) is 58.1 Å². The van der Waals surface area contributed by atoms with Crippen molar-refractivity contribution in [3.8, 4) is 5.75 Å². The second-order valence-corrected chi connectivity index (χ2v) is 9.48. The Morgan fingerprint density at radius 2 is 1.92 bits per heavy atom. The minimum absolute atomic E-state index is 0.224. The summed E-state index contributed by atoms with van der Waals surface area (Å²) >= 11 is 5.11. The molecule has 24 heavy (non-hydrogen) atoms. The summed E-state index contributed by atoms with van der Waals surface area (Å²) in [6.07, 6.45) is 0. The van der Waals surface area contributed by atoms with Crippen molar-refractivity contribution in [2.45, 2.75) is 17.2 Å². The van der Waals surface area contributed by atoms with Gasteiger partial charge in [-0.2, -0.15) is 4.31 Å². The van der Waals surface area contributed by atoms with E-state index in [1.807, 2.05) is 37.3 Å². The van der Waals surface area contributed by atoms with Crippen LogP contribution in [0.5, 0.6) is 5.75 Å². The lowest BCUT2D eigenvalue weighted by Gasteiger charge is -2.24. The molecule has 3 rings (SSSR count). The van der Waals surface area contributed by atoms with Crippen molar-refractivity contribution in [1.29, 1.82) is 0 Å². The minimum atomic E-state index is -3.52. The van der Waals surface area contributed by atoms with Gasteiger partial charge in [-0.3, -0.25) is 0 Å². The van der Waals surface area contributed by atoms with E-state index in [1.165, 1.54) is 0 Å². The van der Waals surface area contributed by atoms with Crippen LogP contribution in [0.3, 0.4) is 0 Å². The molecular formula is C17H18BrNO3S2. The molecule has 4 nitrogen and oxygen atoms in total. The number of hydrogen-bond acceptors (Lipinski definition) is 4. The van der Waals surface area contributed by atoms with Gasteiger partial charge in [0, 0.05) is 12.3 Å². The van der Waals surface area contributed by atoms with Gasteiger partial charge in [-0.1, -0.05) is 23.8 Å². The van der Waals surface area contributed by atoms with Crippen molar-refractivity contribution in [3.63, 3.8) is 0 Å². The number of methoxy groups -OCH3 is 1. The van der Waals surface area contributed by atoms with Gasteiger partial charge in [0.1, 0.15) is 5.75 Å². The molecule has 1 fully saturated rings. The predicted octanol–water partition coefficient (Wildman–Crippen LogP) is 4.20. The molecule has 1 saturated heterocycles. The van der Waals surface area contributed by atoms with Gasteiger partial charge in [-0.15, -0.1) is 11.8 Å². The number of halogens is 1. The van der Waals surface area contributed by atoms with Crippen LogP contribution in [0.2, 0.25) is 0 Å². The number of nitrogens with zero attached hydrogens (tertiary/aromatic N) is 1. The van der Waals surface area contributed by atoms with Crippen LogP contribution in [0.4, 0.5) is 0 Å². The molecule has 0 bridgehead atoms. The Hall–Kier alpha value is -1.02. The normalized spacial score (nSPS) is 18.7. The number of aryl methyl sites for hydroxylation is 1. The number of hydrogen-bond donors (Lipinski definition) is 0. The Kier molecular flexibility index (Phi) is 5.24. The highest BCUT2D eigenvalue weighted by Gasteiger charge is 2.37.